The Morgan fingerprint density at radius 2 is 2.12 bits per heavy atom. The Hall–Kier alpha value is -1.19. The van der Waals surface area contributed by atoms with Gasteiger partial charge >= 0.3 is 0 Å². The lowest BCUT2D eigenvalue weighted by molar-refractivity contribution is 0.0993. The van der Waals surface area contributed by atoms with Gasteiger partial charge in [-0.3, -0.25) is 4.79 Å². The quantitative estimate of drug-likeness (QED) is 0.760. The molecule has 0 spiro atoms. The second kappa shape index (κ2) is 4.98. The third kappa shape index (κ3) is 2.93. The molecular formula is C13H10ClFOS. The van der Waals surface area contributed by atoms with Crippen LogP contribution in [-0.4, -0.2) is 5.78 Å². The summed E-state index contributed by atoms with van der Waals surface area (Å²) in [4.78, 5) is 12.9. The minimum absolute atomic E-state index is 0.0129. The highest BCUT2D eigenvalue weighted by molar-refractivity contribution is 7.16. The van der Waals surface area contributed by atoms with Crippen LogP contribution in [0, 0.1) is 12.7 Å². The summed E-state index contributed by atoms with van der Waals surface area (Å²) in [6.45, 7) is 1.73. The first-order valence-electron chi connectivity index (χ1n) is 5.10. The van der Waals surface area contributed by atoms with Crippen molar-refractivity contribution in [3.05, 3.63) is 56.5 Å². The molecule has 88 valence electrons. The van der Waals surface area contributed by atoms with Crippen molar-refractivity contribution in [2.45, 2.75) is 13.3 Å². The predicted octanol–water partition coefficient (Wildman–Crippen LogP) is 4.27. The van der Waals surface area contributed by atoms with E-state index in [1.807, 2.05) is 6.07 Å². The molecule has 0 amide bonds. The molecule has 0 aliphatic carbocycles. The summed E-state index contributed by atoms with van der Waals surface area (Å²) in [6.07, 6.45) is 0.309. The van der Waals surface area contributed by atoms with E-state index in [0.717, 1.165) is 4.88 Å². The van der Waals surface area contributed by atoms with Gasteiger partial charge in [-0.1, -0.05) is 11.6 Å². The van der Waals surface area contributed by atoms with Crippen LogP contribution in [0.25, 0.3) is 0 Å². The minimum Gasteiger partial charge on any atom is -0.294 e. The summed E-state index contributed by atoms with van der Waals surface area (Å²) < 4.78 is 13.6. The Kier molecular flexibility index (Phi) is 3.60. The number of hydrogen-bond donors (Lipinski definition) is 0. The van der Waals surface area contributed by atoms with E-state index in [0.29, 0.717) is 21.9 Å². The summed E-state index contributed by atoms with van der Waals surface area (Å²) in [7, 11) is 0. The van der Waals surface area contributed by atoms with Crippen molar-refractivity contribution in [3.8, 4) is 0 Å². The maximum absolute atomic E-state index is 12.9. The number of benzene rings is 1. The molecule has 1 nitrogen and oxygen atoms in total. The number of carbonyl (C=O) groups excluding carboxylic acids is 1. The normalized spacial score (nSPS) is 10.5. The van der Waals surface area contributed by atoms with Gasteiger partial charge in [0, 0.05) is 16.9 Å². The fourth-order valence-electron chi connectivity index (χ4n) is 1.64. The van der Waals surface area contributed by atoms with Crippen LogP contribution in [0.3, 0.4) is 0 Å². The Balaban J connectivity index is 2.20. The molecule has 0 unspecified atom stereocenters. The van der Waals surface area contributed by atoms with Gasteiger partial charge in [-0.25, -0.2) is 4.39 Å². The number of halogens is 2. The van der Waals surface area contributed by atoms with Gasteiger partial charge in [0.1, 0.15) is 5.82 Å². The summed E-state index contributed by atoms with van der Waals surface area (Å²) in [6, 6.07) is 7.81. The van der Waals surface area contributed by atoms with Gasteiger partial charge < -0.3 is 0 Å². The number of ketones is 1. The third-order valence-corrected chi connectivity index (χ3v) is 3.68. The monoisotopic (exact) mass is 268 g/mol. The van der Waals surface area contributed by atoms with E-state index in [4.69, 9.17) is 11.6 Å². The van der Waals surface area contributed by atoms with Crippen molar-refractivity contribution in [1.29, 1.82) is 0 Å². The maximum atomic E-state index is 12.9. The van der Waals surface area contributed by atoms with Crippen molar-refractivity contribution in [1.82, 2.24) is 0 Å². The zero-order valence-electron chi connectivity index (χ0n) is 9.17. The molecule has 0 aliphatic rings. The molecule has 0 fully saturated rings. The van der Waals surface area contributed by atoms with E-state index in [1.165, 1.54) is 29.5 Å². The number of Topliss-reactive ketones (excluding diaryl/α,β-unsaturated/α-hetero) is 1. The van der Waals surface area contributed by atoms with Crippen molar-refractivity contribution in [3.63, 3.8) is 0 Å². The SMILES string of the molecule is Cc1cc(F)ccc1C(=O)Cc1ccc(Cl)s1. The molecule has 2 rings (SSSR count). The van der Waals surface area contributed by atoms with E-state index in [9.17, 15) is 9.18 Å². The molecule has 0 bridgehead atoms. The number of aryl methyl sites for hydroxylation is 1. The highest BCUT2D eigenvalue weighted by Gasteiger charge is 2.11. The fourth-order valence-corrected chi connectivity index (χ4v) is 2.73. The topological polar surface area (TPSA) is 17.1 Å². The standard InChI is InChI=1S/C13H10ClFOS/c1-8-6-9(15)2-4-11(8)12(16)7-10-3-5-13(14)17-10/h2-6H,7H2,1H3. The molecule has 4 heteroatoms. The molecule has 0 radical (unpaired) electrons. The van der Waals surface area contributed by atoms with Crippen LogP contribution < -0.4 is 0 Å². The molecule has 1 aromatic heterocycles. The largest absolute Gasteiger partial charge is 0.294 e. The van der Waals surface area contributed by atoms with Crippen LogP contribution in [0.5, 0.6) is 0 Å². The van der Waals surface area contributed by atoms with E-state index in [-0.39, 0.29) is 11.6 Å². The third-order valence-electron chi connectivity index (χ3n) is 2.45. The Labute approximate surface area is 108 Å². The molecular weight excluding hydrogens is 259 g/mol. The number of carbonyl (C=O) groups is 1. The minimum atomic E-state index is -0.321. The molecule has 0 saturated heterocycles. The molecule has 2 aromatic rings. The lowest BCUT2D eigenvalue weighted by atomic mass is 10.0. The average Bonchev–Trinajstić information content (AvgIpc) is 2.63. The van der Waals surface area contributed by atoms with Crippen LogP contribution >= 0.6 is 22.9 Å². The van der Waals surface area contributed by atoms with Gasteiger partial charge in [0.05, 0.1) is 4.34 Å². The second-order valence-electron chi connectivity index (χ2n) is 3.77. The van der Waals surface area contributed by atoms with Crippen molar-refractivity contribution >= 4 is 28.7 Å². The summed E-state index contributed by atoms with van der Waals surface area (Å²) in [5, 5.41) is 0. The molecule has 1 aromatic carbocycles. The zero-order chi connectivity index (χ0) is 12.4. The van der Waals surface area contributed by atoms with E-state index in [1.54, 1.807) is 13.0 Å². The number of rotatable bonds is 3. The number of thiophene rings is 1. The van der Waals surface area contributed by atoms with Gasteiger partial charge in [-0.15, -0.1) is 11.3 Å². The second-order valence-corrected chi connectivity index (χ2v) is 5.56. The number of hydrogen-bond acceptors (Lipinski definition) is 2. The molecule has 0 saturated carbocycles. The summed E-state index contributed by atoms with van der Waals surface area (Å²) in [5.74, 6) is -0.334. The Bertz CT molecular complexity index is 562. The van der Waals surface area contributed by atoms with Crippen LogP contribution in [0.15, 0.2) is 30.3 Å². The lowest BCUT2D eigenvalue weighted by Crippen LogP contribution is -2.04. The zero-order valence-corrected chi connectivity index (χ0v) is 10.7. The highest BCUT2D eigenvalue weighted by atomic mass is 35.5. The van der Waals surface area contributed by atoms with Crippen molar-refractivity contribution < 1.29 is 9.18 Å². The first-order chi connectivity index (χ1) is 8.06. The highest BCUT2D eigenvalue weighted by Crippen LogP contribution is 2.23. The Morgan fingerprint density at radius 3 is 2.71 bits per heavy atom. The molecule has 17 heavy (non-hydrogen) atoms. The van der Waals surface area contributed by atoms with Crippen LogP contribution in [0.2, 0.25) is 4.34 Å². The molecule has 1 heterocycles. The van der Waals surface area contributed by atoms with Gasteiger partial charge in [-0.2, -0.15) is 0 Å². The van der Waals surface area contributed by atoms with E-state index >= 15 is 0 Å². The van der Waals surface area contributed by atoms with Crippen LogP contribution in [0.4, 0.5) is 4.39 Å². The first-order valence-corrected chi connectivity index (χ1v) is 6.29. The fraction of sp³-hybridized carbons (Fsp3) is 0.154. The van der Waals surface area contributed by atoms with Gasteiger partial charge in [-0.05, 0) is 42.8 Å². The smallest absolute Gasteiger partial charge is 0.168 e. The maximum Gasteiger partial charge on any atom is 0.168 e. The first kappa shape index (κ1) is 12.3. The van der Waals surface area contributed by atoms with Crippen molar-refractivity contribution in [2.75, 3.05) is 0 Å². The van der Waals surface area contributed by atoms with E-state index < -0.39 is 0 Å². The molecule has 0 N–H and O–H groups in total. The molecule has 0 atom stereocenters. The summed E-state index contributed by atoms with van der Waals surface area (Å²) >= 11 is 7.19. The van der Waals surface area contributed by atoms with Gasteiger partial charge in [0.25, 0.3) is 0 Å². The van der Waals surface area contributed by atoms with Gasteiger partial charge in [0.15, 0.2) is 5.78 Å². The Morgan fingerprint density at radius 1 is 1.35 bits per heavy atom. The van der Waals surface area contributed by atoms with Crippen LogP contribution in [-0.2, 0) is 6.42 Å². The summed E-state index contributed by atoms with van der Waals surface area (Å²) in [5.41, 5.74) is 1.23. The predicted molar refractivity (Wildman–Crippen MR) is 68.5 cm³/mol. The van der Waals surface area contributed by atoms with Gasteiger partial charge in [0.2, 0.25) is 0 Å². The van der Waals surface area contributed by atoms with E-state index in [2.05, 4.69) is 0 Å². The average molecular weight is 269 g/mol. The van der Waals surface area contributed by atoms with Crippen LogP contribution in [0.1, 0.15) is 20.8 Å². The molecule has 0 aliphatic heterocycles. The van der Waals surface area contributed by atoms with Crippen molar-refractivity contribution in [2.24, 2.45) is 0 Å². The lowest BCUT2D eigenvalue weighted by Gasteiger charge is -2.03.